The molecule has 2 saturated carbocycles. The molecular formula is C40H52N6O5S. The highest BCUT2D eigenvalue weighted by Gasteiger charge is 2.52. The molecule has 2 aromatic rings. The maximum atomic E-state index is 14.3. The van der Waals surface area contributed by atoms with Crippen molar-refractivity contribution in [2.45, 2.75) is 113 Å². The van der Waals surface area contributed by atoms with Gasteiger partial charge < -0.3 is 20.3 Å². The minimum Gasteiger partial charge on any atom is -0.449 e. The Hall–Kier alpha value is -4.24. The van der Waals surface area contributed by atoms with Crippen molar-refractivity contribution < 1.29 is 23.9 Å². The van der Waals surface area contributed by atoms with Gasteiger partial charge >= 0.3 is 6.09 Å². The number of amides is 4. The van der Waals surface area contributed by atoms with Gasteiger partial charge in [-0.2, -0.15) is 0 Å². The first-order valence-corrected chi connectivity index (χ1v) is 20.3. The average molecular weight is 729 g/mol. The smallest absolute Gasteiger partial charge is 0.407 e. The molecule has 278 valence electrons. The second kappa shape index (κ2) is 17.1. The largest absolute Gasteiger partial charge is 0.449 e. The van der Waals surface area contributed by atoms with Gasteiger partial charge in [0.25, 0.3) is 5.91 Å². The Kier molecular flexibility index (Phi) is 12.3. The van der Waals surface area contributed by atoms with Crippen molar-refractivity contribution in [3.8, 4) is 11.8 Å². The molecule has 1 aliphatic heterocycles. The molecular weight excluding hydrogens is 677 g/mol. The number of rotatable bonds is 16. The van der Waals surface area contributed by atoms with Gasteiger partial charge in [0.1, 0.15) is 12.1 Å². The van der Waals surface area contributed by atoms with Gasteiger partial charge in [-0.15, -0.1) is 6.58 Å². The molecule has 6 rings (SSSR count). The van der Waals surface area contributed by atoms with Crippen molar-refractivity contribution in [3.63, 3.8) is 0 Å². The second-order valence-electron chi connectivity index (χ2n) is 14.8. The Labute approximate surface area is 309 Å². The minimum atomic E-state index is -1.52. The summed E-state index contributed by atoms with van der Waals surface area (Å²) in [5, 5.41) is 8.24. The summed E-state index contributed by atoms with van der Waals surface area (Å²) in [6.07, 6.45) is 15.8. The number of pyridine rings is 1. The third-order valence-electron chi connectivity index (χ3n) is 11.2. The van der Waals surface area contributed by atoms with Crippen LogP contribution in [0, 0.1) is 34.4 Å². The molecule has 0 radical (unpaired) electrons. The van der Waals surface area contributed by atoms with Gasteiger partial charge in [0, 0.05) is 29.6 Å². The van der Waals surface area contributed by atoms with E-state index in [0.29, 0.717) is 19.4 Å². The lowest BCUT2D eigenvalue weighted by molar-refractivity contribution is -0.142. The quantitative estimate of drug-likeness (QED) is 0.132. The fraction of sp³-hybridized carbons (Fsp3) is 0.575. The first-order chi connectivity index (χ1) is 25.2. The summed E-state index contributed by atoms with van der Waals surface area (Å²) < 4.78 is 16.8. The number of likely N-dealkylation sites (tertiary alicyclic amines) is 1. The summed E-state index contributed by atoms with van der Waals surface area (Å²) in [5.74, 6) is 4.02. The van der Waals surface area contributed by atoms with E-state index in [1.54, 1.807) is 11.1 Å². The molecule has 1 saturated heterocycles. The van der Waals surface area contributed by atoms with Crippen molar-refractivity contribution in [1.29, 1.82) is 4.78 Å². The van der Waals surface area contributed by atoms with Crippen molar-refractivity contribution >= 4 is 45.5 Å². The van der Waals surface area contributed by atoms with E-state index < -0.39 is 52.3 Å². The lowest BCUT2D eigenvalue weighted by Gasteiger charge is -2.39. The topological polar surface area (TPSA) is 154 Å². The number of hydrogen-bond acceptors (Lipinski definition) is 7. The zero-order valence-electron chi connectivity index (χ0n) is 30.2. The number of alkyl carbamates (subject to hydrolysis) is 1. The van der Waals surface area contributed by atoms with Crippen LogP contribution < -0.4 is 15.4 Å². The van der Waals surface area contributed by atoms with Crippen LogP contribution in [0.15, 0.2) is 49.3 Å². The molecule has 1 aromatic carbocycles. The summed E-state index contributed by atoms with van der Waals surface area (Å²) in [7, 11) is -1.06. The van der Waals surface area contributed by atoms with Crippen LogP contribution in [0.3, 0.4) is 0 Å². The first-order valence-electron chi connectivity index (χ1n) is 19.0. The Balaban J connectivity index is 1.06. The molecule has 52 heavy (non-hydrogen) atoms. The molecule has 4 amide bonds. The van der Waals surface area contributed by atoms with Gasteiger partial charge in [-0.3, -0.25) is 28.9 Å². The lowest BCUT2D eigenvalue weighted by Crippen LogP contribution is -2.67. The lowest BCUT2D eigenvalue weighted by atomic mass is 9.76. The van der Waals surface area contributed by atoms with E-state index in [1.807, 2.05) is 12.3 Å². The summed E-state index contributed by atoms with van der Waals surface area (Å²) in [6, 6.07) is 6.85. The highest BCUT2D eigenvalue weighted by atomic mass is 32.2. The molecule has 2 heterocycles. The predicted molar refractivity (Wildman–Crippen MR) is 202 cm³/mol. The Morgan fingerprint density at radius 3 is 2.63 bits per heavy atom. The van der Waals surface area contributed by atoms with Crippen LogP contribution in [0.25, 0.3) is 10.8 Å². The summed E-state index contributed by atoms with van der Waals surface area (Å²) in [6.45, 7) is 6.54. The number of ether oxygens (including phenoxy) is 1. The van der Waals surface area contributed by atoms with Gasteiger partial charge in [0.05, 0.1) is 12.5 Å². The van der Waals surface area contributed by atoms with Crippen molar-refractivity contribution in [2.75, 3.05) is 13.2 Å². The van der Waals surface area contributed by atoms with Gasteiger partial charge in [0.15, 0.2) is 5.54 Å². The zero-order chi connectivity index (χ0) is 36.7. The van der Waals surface area contributed by atoms with Crippen molar-refractivity contribution in [2.24, 2.45) is 17.8 Å². The molecule has 6 atom stereocenters. The number of benzene rings is 1. The molecule has 0 spiro atoms. The number of fused-ring (bicyclic) bond motifs is 1. The van der Waals surface area contributed by atoms with Crippen LogP contribution in [0.5, 0.6) is 0 Å². The summed E-state index contributed by atoms with van der Waals surface area (Å²) in [5.41, 5.74) is -0.267. The number of hydrogen-bond donors (Lipinski definition) is 4. The Morgan fingerprint density at radius 2 is 1.92 bits per heavy atom. The molecule has 4 N–H and O–H groups in total. The average Bonchev–Trinajstić information content (AvgIpc) is 3.89. The van der Waals surface area contributed by atoms with Gasteiger partial charge in [-0.1, -0.05) is 62.7 Å². The summed E-state index contributed by atoms with van der Waals surface area (Å²) >= 11 is 0. The highest BCUT2D eigenvalue weighted by Crippen LogP contribution is 2.32. The van der Waals surface area contributed by atoms with Crippen LogP contribution in [-0.4, -0.2) is 69.7 Å². The van der Waals surface area contributed by atoms with Crippen LogP contribution in [0.4, 0.5) is 4.79 Å². The first kappa shape index (κ1) is 37.5. The molecule has 11 nitrogen and oxygen atoms in total. The second-order valence-corrected chi connectivity index (χ2v) is 16.3. The van der Waals surface area contributed by atoms with E-state index >= 15 is 0 Å². The van der Waals surface area contributed by atoms with Crippen molar-refractivity contribution in [3.05, 3.63) is 54.9 Å². The third kappa shape index (κ3) is 8.68. The molecule has 0 bridgehead atoms. The number of aromatic nitrogens is 1. The molecule has 1 aromatic heterocycles. The van der Waals surface area contributed by atoms with Crippen LogP contribution in [-0.2, 0) is 36.4 Å². The predicted octanol–water partition coefficient (Wildman–Crippen LogP) is 5.50. The molecule has 4 aliphatic rings. The normalized spacial score (nSPS) is 24.4. The molecule has 3 aliphatic carbocycles. The van der Waals surface area contributed by atoms with Crippen molar-refractivity contribution in [1.82, 2.24) is 25.2 Å². The van der Waals surface area contributed by atoms with Gasteiger partial charge in [-0.05, 0) is 104 Å². The fourth-order valence-electron chi connectivity index (χ4n) is 7.73. The monoisotopic (exact) mass is 728 g/mol. The SMILES string of the molecule is C=C[C@@H]1C#C[C@]1(NC(=O)[C@@H]1CCCN1C(=O)[C@@H](NC(=O)OC[C@@H](CC)CCCc1ccc2ccncc2c1)C1CCCCC1)C(=O)NS(=N)C1CC1. The van der Waals surface area contributed by atoms with Gasteiger partial charge in [0.2, 0.25) is 11.8 Å². The van der Waals surface area contributed by atoms with E-state index in [1.165, 1.54) is 17.0 Å². The standard InChI is InChI=1S/C40H52N6O5S/c1-3-27(10-8-11-28-15-16-29-20-22-42-25-31(29)24-28)26-51-39(50)43-35(30-12-6-5-7-13-30)37(48)46-23-9-14-34(46)36(47)44-40(21-19-32(40)4-2)38(49)45-52(41)33-17-18-33/h4,15-16,20,22,24-25,27,30,32-35H,2-3,5-14,17-18,23,26H2,1H3,(H,43,50)(H,44,47)(H2,41,45,49)/t27-,32+,34-,35-,40+,52?/m0/s1. The summed E-state index contributed by atoms with van der Waals surface area (Å²) in [4.78, 5) is 60.7. The molecule has 12 heteroatoms. The van der Waals surface area contributed by atoms with E-state index in [-0.39, 0.29) is 29.6 Å². The van der Waals surface area contributed by atoms with Crippen LogP contribution >= 0.6 is 0 Å². The van der Waals surface area contributed by atoms with Crippen LogP contribution in [0.2, 0.25) is 0 Å². The van der Waals surface area contributed by atoms with E-state index in [0.717, 1.165) is 76.0 Å². The third-order valence-corrected chi connectivity index (χ3v) is 12.7. The zero-order valence-corrected chi connectivity index (χ0v) is 31.0. The van der Waals surface area contributed by atoms with E-state index in [9.17, 15) is 19.2 Å². The molecule has 3 fully saturated rings. The van der Waals surface area contributed by atoms with Crippen LogP contribution in [0.1, 0.15) is 89.5 Å². The van der Waals surface area contributed by atoms with E-state index in [2.05, 4.69) is 63.9 Å². The number of nitrogens with zero attached hydrogens (tertiary/aromatic N) is 2. The Bertz CT molecular complexity index is 1750. The van der Waals surface area contributed by atoms with E-state index in [4.69, 9.17) is 9.52 Å². The number of aryl methyl sites for hydroxylation is 1. The number of nitrogens with one attached hydrogen (secondary N) is 4. The number of carbonyl (C=O) groups is 4. The van der Waals surface area contributed by atoms with Gasteiger partial charge in [-0.25, -0.2) is 4.79 Å². The number of carbonyl (C=O) groups excluding carboxylic acids is 4. The fourth-order valence-corrected chi connectivity index (χ4v) is 8.86. The Morgan fingerprint density at radius 1 is 1.12 bits per heavy atom. The maximum absolute atomic E-state index is 14.3. The highest BCUT2D eigenvalue weighted by molar-refractivity contribution is 7.85. The maximum Gasteiger partial charge on any atom is 0.407 e. The minimum absolute atomic E-state index is 0.0607. The molecule has 1 unspecified atom stereocenters.